The van der Waals surface area contributed by atoms with Crippen LogP contribution in [0.3, 0.4) is 0 Å². The summed E-state index contributed by atoms with van der Waals surface area (Å²) in [4.78, 5) is 16.7. The van der Waals surface area contributed by atoms with Crippen molar-refractivity contribution >= 4 is 37.7 Å². The molecule has 0 spiro atoms. The van der Waals surface area contributed by atoms with Crippen LogP contribution >= 0.6 is 15.9 Å². The fraction of sp³-hybridized carbons (Fsp3) is 0.333. The second kappa shape index (κ2) is 4.48. The Bertz CT molecular complexity index is 604. The van der Waals surface area contributed by atoms with Crippen LogP contribution in [0.5, 0.6) is 5.75 Å². The van der Waals surface area contributed by atoms with Gasteiger partial charge in [0.25, 0.3) is 0 Å². The topological polar surface area (TPSA) is 114 Å². The van der Waals surface area contributed by atoms with Crippen molar-refractivity contribution in [2.75, 3.05) is 11.4 Å². The maximum atomic E-state index is 11.7. The number of hydrogen-bond acceptors (Lipinski definition) is 5. The molecule has 3 N–H and O–H groups in total. The third kappa shape index (κ3) is 2.47. The maximum Gasteiger partial charge on any atom is 0.229 e. The lowest BCUT2D eigenvalue weighted by Gasteiger charge is -2.16. The van der Waals surface area contributed by atoms with Crippen LogP contribution in [-0.2, 0) is 14.8 Å². The minimum absolute atomic E-state index is 0.0364. The molecule has 0 saturated carbocycles. The highest BCUT2D eigenvalue weighted by molar-refractivity contribution is 9.10. The molecule has 18 heavy (non-hydrogen) atoms. The lowest BCUT2D eigenvalue weighted by molar-refractivity contribution is -0.117. The Kier molecular flexibility index (Phi) is 3.30. The smallest absolute Gasteiger partial charge is 0.229 e. The average Bonchev–Trinajstić information content (AvgIpc) is 2.60. The molecule has 7 nitrogen and oxygen atoms in total. The quantitative estimate of drug-likeness (QED) is 0.786. The first-order valence-electron chi connectivity index (χ1n) is 4.95. The Labute approximate surface area is 112 Å². The van der Waals surface area contributed by atoms with Crippen molar-refractivity contribution in [2.45, 2.75) is 11.7 Å². The number of nitrogens with two attached hydrogens (primary N) is 1. The zero-order valence-corrected chi connectivity index (χ0v) is 11.5. The van der Waals surface area contributed by atoms with Crippen LogP contribution in [-0.4, -0.2) is 36.2 Å². The van der Waals surface area contributed by atoms with E-state index in [1.54, 1.807) is 0 Å². The largest absolute Gasteiger partial charge is 0.504 e. The van der Waals surface area contributed by atoms with Gasteiger partial charge in [-0.05, 0) is 22.0 Å². The number of aromatic nitrogens is 1. The SMILES string of the molecule is NS(=O)(=O)C1CC(=O)N(c2ncc(Br)cc2O)C1. The van der Waals surface area contributed by atoms with Gasteiger partial charge in [-0.3, -0.25) is 9.69 Å². The van der Waals surface area contributed by atoms with E-state index in [4.69, 9.17) is 5.14 Å². The van der Waals surface area contributed by atoms with Crippen LogP contribution in [0.15, 0.2) is 16.7 Å². The number of primary sulfonamides is 1. The van der Waals surface area contributed by atoms with Crippen molar-refractivity contribution in [3.63, 3.8) is 0 Å². The van der Waals surface area contributed by atoms with E-state index >= 15 is 0 Å². The third-order valence-electron chi connectivity index (χ3n) is 2.62. The van der Waals surface area contributed by atoms with Crippen LogP contribution < -0.4 is 10.0 Å². The number of carbonyl (C=O) groups excluding carboxylic acids is 1. The molecule has 1 aliphatic rings. The second-order valence-electron chi connectivity index (χ2n) is 3.92. The summed E-state index contributed by atoms with van der Waals surface area (Å²) >= 11 is 3.12. The van der Waals surface area contributed by atoms with Gasteiger partial charge in [-0.2, -0.15) is 0 Å². The first-order chi connectivity index (χ1) is 8.29. The molecule has 0 radical (unpaired) electrons. The molecule has 1 aromatic rings. The molecule has 0 aliphatic carbocycles. The van der Waals surface area contributed by atoms with Crippen LogP contribution in [0.2, 0.25) is 0 Å². The van der Waals surface area contributed by atoms with E-state index in [0.717, 1.165) is 4.90 Å². The second-order valence-corrected chi connectivity index (χ2v) is 6.68. The minimum atomic E-state index is -3.78. The number of pyridine rings is 1. The molecule has 9 heteroatoms. The summed E-state index contributed by atoms with van der Waals surface area (Å²) in [5.41, 5.74) is 0. The van der Waals surface area contributed by atoms with Gasteiger partial charge in [0, 0.05) is 23.6 Å². The zero-order valence-electron chi connectivity index (χ0n) is 9.08. The average molecular weight is 336 g/mol. The van der Waals surface area contributed by atoms with Crippen molar-refractivity contribution in [3.8, 4) is 5.75 Å². The summed E-state index contributed by atoms with van der Waals surface area (Å²) in [6.07, 6.45) is 1.21. The maximum absolute atomic E-state index is 11.7. The number of carbonyl (C=O) groups is 1. The molecular weight excluding hydrogens is 326 g/mol. The molecule has 1 saturated heterocycles. The minimum Gasteiger partial charge on any atom is -0.504 e. The Balaban J connectivity index is 2.33. The number of anilines is 1. The summed E-state index contributed by atoms with van der Waals surface area (Å²) < 4.78 is 23.0. The van der Waals surface area contributed by atoms with E-state index in [0.29, 0.717) is 4.47 Å². The van der Waals surface area contributed by atoms with Gasteiger partial charge in [0.1, 0.15) is 5.25 Å². The molecule has 1 atom stereocenters. The molecule has 1 aromatic heterocycles. The van der Waals surface area contributed by atoms with Gasteiger partial charge in [0.15, 0.2) is 11.6 Å². The first-order valence-corrected chi connectivity index (χ1v) is 7.36. The molecule has 2 rings (SSSR count). The van der Waals surface area contributed by atoms with Gasteiger partial charge in [-0.15, -0.1) is 0 Å². The van der Waals surface area contributed by atoms with Gasteiger partial charge in [0.05, 0.1) is 0 Å². The number of halogens is 1. The van der Waals surface area contributed by atoms with Crippen molar-refractivity contribution in [1.29, 1.82) is 0 Å². The van der Waals surface area contributed by atoms with Gasteiger partial charge < -0.3 is 5.11 Å². The summed E-state index contributed by atoms with van der Waals surface area (Å²) in [6, 6.07) is 1.37. The molecule has 0 bridgehead atoms. The Morgan fingerprint density at radius 1 is 1.56 bits per heavy atom. The molecule has 1 unspecified atom stereocenters. The fourth-order valence-corrected chi connectivity index (χ4v) is 2.78. The molecule has 1 aliphatic heterocycles. The highest BCUT2D eigenvalue weighted by atomic mass is 79.9. The zero-order chi connectivity index (χ0) is 13.5. The molecule has 0 aromatic carbocycles. The number of nitrogens with zero attached hydrogens (tertiary/aromatic N) is 2. The summed E-state index contributed by atoms with van der Waals surface area (Å²) in [5.74, 6) is -0.596. The Hall–Kier alpha value is -1.19. The number of amides is 1. The van der Waals surface area contributed by atoms with E-state index in [1.807, 2.05) is 0 Å². The van der Waals surface area contributed by atoms with Crippen molar-refractivity contribution in [3.05, 3.63) is 16.7 Å². The van der Waals surface area contributed by atoms with Gasteiger partial charge in [-0.25, -0.2) is 18.5 Å². The molecule has 1 amide bonds. The summed E-state index contributed by atoms with van der Waals surface area (Å²) in [6.45, 7) is -0.0974. The van der Waals surface area contributed by atoms with E-state index < -0.39 is 21.2 Å². The highest BCUT2D eigenvalue weighted by Crippen LogP contribution is 2.31. The van der Waals surface area contributed by atoms with Crippen LogP contribution in [0.1, 0.15) is 6.42 Å². The van der Waals surface area contributed by atoms with Gasteiger partial charge >= 0.3 is 0 Å². The normalized spacial score (nSPS) is 20.4. The van der Waals surface area contributed by atoms with Gasteiger partial charge in [0.2, 0.25) is 15.9 Å². The van der Waals surface area contributed by atoms with Crippen LogP contribution in [0.25, 0.3) is 0 Å². The third-order valence-corrected chi connectivity index (χ3v) is 4.30. The molecular formula is C9H10BrN3O4S. The molecule has 98 valence electrons. The van der Waals surface area contributed by atoms with Crippen LogP contribution in [0.4, 0.5) is 5.82 Å². The number of sulfonamides is 1. The predicted molar refractivity (Wildman–Crippen MR) is 67.5 cm³/mol. The highest BCUT2D eigenvalue weighted by Gasteiger charge is 2.38. The van der Waals surface area contributed by atoms with E-state index in [1.165, 1.54) is 12.3 Å². The van der Waals surface area contributed by atoms with Crippen molar-refractivity contribution < 1.29 is 18.3 Å². The summed E-state index contributed by atoms with van der Waals surface area (Å²) in [7, 11) is -3.78. The van der Waals surface area contributed by atoms with E-state index in [9.17, 15) is 18.3 Å². The predicted octanol–water partition coefficient (Wildman–Crippen LogP) is -0.0565. The Morgan fingerprint density at radius 2 is 2.22 bits per heavy atom. The lowest BCUT2D eigenvalue weighted by Crippen LogP contribution is -2.32. The van der Waals surface area contributed by atoms with Crippen LogP contribution in [0, 0.1) is 0 Å². The van der Waals surface area contributed by atoms with Crippen molar-refractivity contribution in [1.82, 2.24) is 4.98 Å². The standard InChI is InChI=1S/C9H10BrN3O4S/c10-5-1-7(14)9(12-3-5)13-4-6(2-8(13)15)18(11,16)17/h1,3,6,14H,2,4H2,(H2,11,16,17). The fourth-order valence-electron chi connectivity index (χ4n) is 1.73. The Morgan fingerprint density at radius 3 is 2.72 bits per heavy atom. The van der Waals surface area contributed by atoms with Crippen molar-refractivity contribution in [2.24, 2.45) is 5.14 Å². The molecule has 2 heterocycles. The number of aromatic hydroxyl groups is 1. The van der Waals surface area contributed by atoms with E-state index in [-0.39, 0.29) is 24.5 Å². The lowest BCUT2D eigenvalue weighted by atomic mass is 10.4. The number of rotatable bonds is 2. The first kappa shape index (κ1) is 13.2. The van der Waals surface area contributed by atoms with E-state index in [2.05, 4.69) is 20.9 Å². The number of hydrogen-bond donors (Lipinski definition) is 2. The monoisotopic (exact) mass is 335 g/mol. The molecule has 1 fully saturated rings. The summed E-state index contributed by atoms with van der Waals surface area (Å²) in [5, 5.41) is 13.7. The van der Waals surface area contributed by atoms with Gasteiger partial charge in [-0.1, -0.05) is 0 Å².